The zero-order chi connectivity index (χ0) is 13.9. The van der Waals surface area contributed by atoms with Crippen molar-refractivity contribution in [3.05, 3.63) is 11.6 Å². The zero-order valence-corrected chi connectivity index (χ0v) is 11.2. The maximum Gasteiger partial charge on any atom is 0.188 e. The fraction of sp³-hybridized carbons (Fsp3) is 0.750. The smallest absolute Gasteiger partial charge is 0.188 e. The first-order chi connectivity index (χ1) is 8.06. The molecule has 6 heteroatoms. The van der Waals surface area contributed by atoms with Gasteiger partial charge in [0, 0.05) is 0 Å². The van der Waals surface area contributed by atoms with Crippen LogP contribution in [0.1, 0.15) is 20.8 Å². The Bertz CT molecular complexity index is 409. The summed E-state index contributed by atoms with van der Waals surface area (Å²) in [4.78, 5) is 11.7. The number of halogens is 1. The van der Waals surface area contributed by atoms with Gasteiger partial charge in [0.25, 0.3) is 0 Å². The lowest BCUT2D eigenvalue weighted by atomic mass is 9.81. The van der Waals surface area contributed by atoms with Gasteiger partial charge in [-0.3, -0.25) is 4.79 Å². The fourth-order valence-corrected chi connectivity index (χ4v) is 2.40. The van der Waals surface area contributed by atoms with Crippen molar-refractivity contribution in [3.8, 4) is 0 Å². The van der Waals surface area contributed by atoms with Gasteiger partial charge in [-0.05, 0) is 32.4 Å². The van der Waals surface area contributed by atoms with Crippen LogP contribution in [0.15, 0.2) is 11.6 Å². The van der Waals surface area contributed by atoms with Crippen LogP contribution in [-0.4, -0.2) is 56.0 Å². The van der Waals surface area contributed by atoms with E-state index in [9.17, 15) is 20.1 Å². The van der Waals surface area contributed by atoms with Crippen molar-refractivity contribution in [2.45, 2.75) is 55.7 Å². The molecule has 2 rings (SSSR count). The van der Waals surface area contributed by atoms with E-state index in [1.807, 2.05) is 0 Å². The molecule has 3 N–H and O–H groups in total. The van der Waals surface area contributed by atoms with Crippen molar-refractivity contribution in [1.29, 1.82) is 0 Å². The molecule has 0 aromatic carbocycles. The Kier molecular flexibility index (Phi) is 3.11. The molecular formula is C12H17ClO5. The number of hydrogen-bond acceptors (Lipinski definition) is 5. The van der Waals surface area contributed by atoms with Crippen LogP contribution in [0.5, 0.6) is 0 Å². The fourth-order valence-electron chi connectivity index (χ4n) is 2.15. The number of ketones is 1. The molecule has 0 spiro atoms. The number of carbonyl (C=O) groups excluding carboxylic acids is 1. The van der Waals surface area contributed by atoms with E-state index < -0.39 is 40.7 Å². The number of carbonyl (C=O) groups is 1. The number of rotatable bonds is 2. The summed E-state index contributed by atoms with van der Waals surface area (Å²) in [5.41, 5.74) is -2.53. The third kappa shape index (κ3) is 2.10. The second kappa shape index (κ2) is 4.02. The largest absolute Gasteiger partial charge is 0.388 e. The Balaban J connectivity index is 2.24. The Morgan fingerprint density at radius 3 is 2.50 bits per heavy atom. The Morgan fingerprint density at radius 2 is 2.06 bits per heavy atom. The maximum atomic E-state index is 11.7. The summed E-state index contributed by atoms with van der Waals surface area (Å²) in [6, 6.07) is 0. The third-order valence-corrected chi connectivity index (χ3v) is 4.13. The molecule has 5 atom stereocenters. The summed E-state index contributed by atoms with van der Waals surface area (Å²) in [5, 5.41) is 28.5. The van der Waals surface area contributed by atoms with Gasteiger partial charge >= 0.3 is 0 Å². The predicted molar refractivity (Wildman–Crippen MR) is 64.3 cm³/mol. The molecule has 0 unspecified atom stereocenters. The number of ether oxygens (including phenoxy) is 1. The van der Waals surface area contributed by atoms with Crippen molar-refractivity contribution in [2.24, 2.45) is 0 Å². The van der Waals surface area contributed by atoms with Crippen LogP contribution in [0.25, 0.3) is 0 Å². The SMILES string of the molecule is CC(C)(O)[C@H]1O[C@H]1C1=CC(=O)[C@](C)(O)[C@H](Cl)[C@@H]1O. The van der Waals surface area contributed by atoms with Crippen molar-refractivity contribution in [1.82, 2.24) is 0 Å². The van der Waals surface area contributed by atoms with Crippen molar-refractivity contribution >= 4 is 17.4 Å². The Labute approximate surface area is 110 Å². The van der Waals surface area contributed by atoms with E-state index in [0.717, 1.165) is 0 Å². The zero-order valence-electron chi connectivity index (χ0n) is 10.4. The molecule has 1 fully saturated rings. The monoisotopic (exact) mass is 276 g/mol. The minimum Gasteiger partial charge on any atom is -0.388 e. The van der Waals surface area contributed by atoms with E-state index in [2.05, 4.69) is 0 Å². The quantitative estimate of drug-likeness (QED) is 0.478. The van der Waals surface area contributed by atoms with Crippen LogP contribution in [0.4, 0.5) is 0 Å². The summed E-state index contributed by atoms with van der Waals surface area (Å²) in [6.45, 7) is 4.44. The van der Waals surface area contributed by atoms with Crippen molar-refractivity contribution in [2.75, 3.05) is 0 Å². The van der Waals surface area contributed by atoms with Crippen molar-refractivity contribution < 1.29 is 24.9 Å². The highest BCUT2D eigenvalue weighted by molar-refractivity contribution is 6.25. The number of epoxide rings is 1. The molecule has 0 aromatic rings. The highest BCUT2D eigenvalue weighted by atomic mass is 35.5. The van der Waals surface area contributed by atoms with Gasteiger partial charge < -0.3 is 20.1 Å². The molecule has 1 aliphatic heterocycles. The first kappa shape index (κ1) is 14.0. The molecule has 0 amide bonds. The minimum atomic E-state index is -1.79. The molecule has 102 valence electrons. The first-order valence-corrected chi connectivity index (χ1v) is 6.18. The Hall–Kier alpha value is -0.460. The molecular weight excluding hydrogens is 260 g/mol. The van der Waals surface area contributed by atoms with Crippen LogP contribution >= 0.6 is 11.6 Å². The van der Waals surface area contributed by atoms with E-state index in [1.54, 1.807) is 13.8 Å². The van der Waals surface area contributed by atoms with E-state index in [-0.39, 0.29) is 0 Å². The van der Waals surface area contributed by atoms with Crippen LogP contribution in [-0.2, 0) is 9.53 Å². The lowest BCUT2D eigenvalue weighted by Gasteiger charge is -2.34. The molecule has 1 aliphatic carbocycles. The van der Waals surface area contributed by atoms with Gasteiger partial charge in [-0.1, -0.05) is 0 Å². The summed E-state index contributed by atoms with van der Waals surface area (Å²) in [6.07, 6.45) is -1.00. The van der Waals surface area contributed by atoms with Crippen LogP contribution in [0.2, 0.25) is 0 Å². The molecule has 0 saturated carbocycles. The lowest BCUT2D eigenvalue weighted by molar-refractivity contribution is -0.133. The van der Waals surface area contributed by atoms with E-state index >= 15 is 0 Å². The van der Waals surface area contributed by atoms with Gasteiger partial charge in [0.1, 0.15) is 17.8 Å². The molecule has 1 saturated heterocycles. The average molecular weight is 277 g/mol. The molecule has 0 bridgehead atoms. The first-order valence-electron chi connectivity index (χ1n) is 5.75. The molecule has 1 heterocycles. The normalized spacial score (nSPS) is 44.8. The van der Waals surface area contributed by atoms with Gasteiger partial charge in [-0.2, -0.15) is 0 Å². The van der Waals surface area contributed by atoms with E-state index in [0.29, 0.717) is 5.57 Å². The van der Waals surface area contributed by atoms with Gasteiger partial charge in [0.15, 0.2) is 5.78 Å². The molecule has 2 aliphatic rings. The van der Waals surface area contributed by atoms with Crippen LogP contribution in [0.3, 0.4) is 0 Å². The molecule has 18 heavy (non-hydrogen) atoms. The predicted octanol–water partition coefficient (Wildman–Crippen LogP) is -0.247. The number of alkyl halides is 1. The highest BCUT2D eigenvalue weighted by Gasteiger charge is 2.56. The average Bonchev–Trinajstić information content (AvgIpc) is 3.00. The molecule has 0 radical (unpaired) electrons. The summed E-state index contributed by atoms with van der Waals surface area (Å²) >= 11 is 5.90. The Morgan fingerprint density at radius 1 is 1.50 bits per heavy atom. The number of hydrogen-bond donors (Lipinski definition) is 3. The van der Waals surface area contributed by atoms with Crippen molar-refractivity contribution in [3.63, 3.8) is 0 Å². The molecule has 0 aromatic heterocycles. The van der Waals surface area contributed by atoms with Crippen LogP contribution in [0, 0.1) is 0 Å². The standard InChI is InChI=1S/C12H17ClO5/c1-11(2,16)10-8(18-10)5-4-6(14)12(3,17)9(13)7(5)15/h4,7-10,15-17H,1-3H3/t7-,8+,9-,10+,12+/m1/s1. The van der Waals surface area contributed by atoms with Gasteiger partial charge in [0.05, 0.1) is 17.1 Å². The topological polar surface area (TPSA) is 90.3 Å². The summed E-state index contributed by atoms with van der Waals surface area (Å²) in [5.74, 6) is -0.562. The number of aliphatic hydroxyl groups is 3. The maximum absolute atomic E-state index is 11.7. The number of aliphatic hydroxyl groups excluding tert-OH is 1. The highest BCUT2D eigenvalue weighted by Crippen LogP contribution is 2.42. The van der Waals surface area contributed by atoms with Gasteiger partial charge in [-0.15, -0.1) is 11.6 Å². The van der Waals surface area contributed by atoms with E-state index in [4.69, 9.17) is 16.3 Å². The molecule has 5 nitrogen and oxygen atoms in total. The lowest BCUT2D eigenvalue weighted by Crippen LogP contribution is -2.53. The van der Waals surface area contributed by atoms with Gasteiger partial charge in [-0.25, -0.2) is 0 Å². The van der Waals surface area contributed by atoms with Crippen LogP contribution < -0.4 is 0 Å². The second-order valence-corrected chi connectivity index (χ2v) is 6.10. The van der Waals surface area contributed by atoms with Gasteiger partial charge in [0.2, 0.25) is 0 Å². The van der Waals surface area contributed by atoms with E-state index in [1.165, 1.54) is 13.0 Å². The second-order valence-electron chi connectivity index (χ2n) is 5.63. The third-order valence-electron chi connectivity index (χ3n) is 3.47. The summed E-state index contributed by atoms with van der Waals surface area (Å²) in [7, 11) is 0. The minimum absolute atomic E-state index is 0.318. The summed E-state index contributed by atoms with van der Waals surface area (Å²) < 4.78 is 5.29.